The lowest BCUT2D eigenvalue weighted by Crippen LogP contribution is -2.10. The van der Waals surface area contributed by atoms with Crippen LogP contribution in [-0.4, -0.2) is 12.2 Å². The van der Waals surface area contributed by atoms with Crippen molar-refractivity contribution in [3.8, 4) is 0 Å². The second-order valence-corrected chi connectivity index (χ2v) is 5.59. The standard InChI is InChI=1S/C21H21NO2/c1-24-16-18-9-13-21(14-10-18)22(19-5-3-2-4-6-19)20-11-7-17(15-23)8-12-20/h2-14,23H,15-16H2,1H3. The first kappa shape index (κ1) is 16.2. The SMILES string of the molecule is COCc1ccc(N(c2ccccc2)c2ccc(CO)cc2)cc1. The predicted octanol–water partition coefficient (Wildman–Crippen LogP) is 4.80. The third kappa shape index (κ3) is 3.65. The minimum atomic E-state index is 0.0529. The molecule has 0 spiro atoms. The molecule has 24 heavy (non-hydrogen) atoms. The van der Waals surface area contributed by atoms with Crippen LogP contribution in [0.3, 0.4) is 0 Å². The lowest BCUT2D eigenvalue weighted by Gasteiger charge is -2.25. The molecule has 0 saturated heterocycles. The highest BCUT2D eigenvalue weighted by molar-refractivity contribution is 5.76. The first-order chi connectivity index (χ1) is 11.8. The molecule has 122 valence electrons. The molecule has 3 nitrogen and oxygen atoms in total. The maximum Gasteiger partial charge on any atom is 0.0713 e. The van der Waals surface area contributed by atoms with Crippen molar-refractivity contribution < 1.29 is 9.84 Å². The van der Waals surface area contributed by atoms with Gasteiger partial charge in [-0.3, -0.25) is 0 Å². The number of methoxy groups -OCH3 is 1. The highest BCUT2D eigenvalue weighted by atomic mass is 16.5. The summed E-state index contributed by atoms with van der Waals surface area (Å²) in [5.41, 5.74) is 5.27. The Labute approximate surface area is 142 Å². The van der Waals surface area contributed by atoms with Gasteiger partial charge in [0.05, 0.1) is 13.2 Å². The Bertz CT molecular complexity index is 752. The van der Waals surface area contributed by atoms with E-state index in [0.29, 0.717) is 6.61 Å². The van der Waals surface area contributed by atoms with Crippen molar-refractivity contribution in [2.45, 2.75) is 13.2 Å². The summed E-state index contributed by atoms with van der Waals surface area (Å²) in [5.74, 6) is 0. The maximum atomic E-state index is 9.26. The summed E-state index contributed by atoms with van der Waals surface area (Å²) in [4.78, 5) is 2.19. The molecule has 0 heterocycles. The number of para-hydroxylation sites is 1. The molecule has 0 aliphatic rings. The zero-order chi connectivity index (χ0) is 16.8. The fourth-order valence-corrected chi connectivity index (χ4v) is 2.68. The Morgan fingerprint density at radius 3 is 1.71 bits per heavy atom. The molecule has 3 aromatic rings. The summed E-state index contributed by atoms with van der Waals surface area (Å²) in [6.07, 6.45) is 0. The first-order valence-electron chi connectivity index (χ1n) is 7.94. The normalized spacial score (nSPS) is 10.6. The summed E-state index contributed by atoms with van der Waals surface area (Å²) in [7, 11) is 1.70. The number of aliphatic hydroxyl groups is 1. The van der Waals surface area contributed by atoms with Crippen LogP contribution >= 0.6 is 0 Å². The number of benzene rings is 3. The fraction of sp³-hybridized carbons (Fsp3) is 0.143. The Morgan fingerprint density at radius 1 is 0.708 bits per heavy atom. The lowest BCUT2D eigenvalue weighted by atomic mass is 10.1. The molecule has 3 rings (SSSR count). The number of anilines is 3. The average molecular weight is 319 g/mol. The number of aliphatic hydroxyl groups excluding tert-OH is 1. The topological polar surface area (TPSA) is 32.7 Å². The van der Waals surface area contributed by atoms with E-state index in [4.69, 9.17) is 4.74 Å². The van der Waals surface area contributed by atoms with Crippen LogP contribution in [0.25, 0.3) is 0 Å². The van der Waals surface area contributed by atoms with Gasteiger partial charge in [0, 0.05) is 24.2 Å². The Morgan fingerprint density at radius 2 is 1.21 bits per heavy atom. The van der Waals surface area contributed by atoms with Crippen molar-refractivity contribution in [3.05, 3.63) is 90.0 Å². The zero-order valence-corrected chi connectivity index (χ0v) is 13.7. The molecule has 0 aliphatic heterocycles. The van der Waals surface area contributed by atoms with Gasteiger partial charge in [0.25, 0.3) is 0 Å². The van der Waals surface area contributed by atoms with E-state index >= 15 is 0 Å². The average Bonchev–Trinajstić information content (AvgIpc) is 2.65. The van der Waals surface area contributed by atoms with Gasteiger partial charge in [-0.15, -0.1) is 0 Å². The Balaban J connectivity index is 2.01. The van der Waals surface area contributed by atoms with Crippen LogP contribution < -0.4 is 4.90 Å². The number of rotatable bonds is 6. The summed E-state index contributed by atoms with van der Waals surface area (Å²) in [6, 6.07) is 26.6. The number of hydrogen-bond donors (Lipinski definition) is 1. The van der Waals surface area contributed by atoms with Gasteiger partial charge < -0.3 is 14.7 Å². The number of ether oxygens (including phenoxy) is 1. The fourth-order valence-electron chi connectivity index (χ4n) is 2.68. The smallest absolute Gasteiger partial charge is 0.0713 e. The van der Waals surface area contributed by atoms with E-state index in [9.17, 15) is 5.11 Å². The van der Waals surface area contributed by atoms with Crippen LogP contribution in [0.4, 0.5) is 17.1 Å². The molecule has 0 aromatic heterocycles. The van der Waals surface area contributed by atoms with Crippen LogP contribution in [0, 0.1) is 0 Å². The molecule has 0 amide bonds. The van der Waals surface area contributed by atoms with Crippen LogP contribution in [0.15, 0.2) is 78.9 Å². The molecule has 0 saturated carbocycles. The quantitative estimate of drug-likeness (QED) is 0.708. The van der Waals surface area contributed by atoms with Gasteiger partial charge in [-0.1, -0.05) is 42.5 Å². The Hall–Kier alpha value is -2.62. The molecule has 3 heteroatoms. The molecular formula is C21H21NO2. The Kier molecular flexibility index (Phi) is 5.26. The molecule has 0 bridgehead atoms. The predicted molar refractivity (Wildman–Crippen MR) is 97.8 cm³/mol. The van der Waals surface area contributed by atoms with Crippen LogP contribution in [0.5, 0.6) is 0 Å². The van der Waals surface area contributed by atoms with Gasteiger partial charge in [0.1, 0.15) is 0 Å². The van der Waals surface area contributed by atoms with Crippen molar-refractivity contribution in [1.29, 1.82) is 0 Å². The van der Waals surface area contributed by atoms with Gasteiger partial charge in [-0.2, -0.15) is 0 Å². The molecular weight excluding hydrogens is 298 g/mol. The minimum Gasteiger partial charge on any atom is -0.392 e. The van der Waals surface area contributed by atoms with E-state index in [1.807, 2.05) is 42.5 Å². The van der Waals surface area contributed by atoms with Gasteiger partial charge >= 0.3 is 0 Å². The summed E-state index contributed by atoms with van der Waals surface area (Å²) in [5, 5.41) is 9.26. The summed E-state index contributed by atoms with van der Waals surface area (Å²) < 4.78 is 5.19. The van der Waals surface area contributed by atoms with E-state index in [0.717, 1.165) is 28.2 Å². The van der Waals surface area contributed by atoms with E-state index in [1.54, 1.807) is 7.11 Å². The molecule has 0 unspecified atom stereocenters. The second-order valence-electron chi connectivity index (χ2n) is 5.59. The van der Waals surface area contributed by atoms with Crippen molar-refractivity contribution in [3.63, 3.8) is 0 Å². The largest absolute Gasteiger partial charge is 0.392 e. The van der Waals surface area contributed by atoms with Crippen molar-refractivity contribution in [2.75, 3.05) is 12.0 Å². The van der Waals surface area contributed by atoms with E-state index in [1.165, 1.54) is 0 Å². The molecule has 0 fully saturated rings. The number of nitrogens with zero attached hydrogens (tertiary/aromatic N) is 1. The van der Waals surface area contributed by atoms with E-state index in [-0.39, 0.29) is 6.61 Å². The van der Waals surface area contributed by atoms with Gasteiger partial charge in [0.15, 0.2) is 0 Å². The van der Waals surface area contributed by atoms with Crippen LogP contribution in [-0.2, 0) is 18.0 Å². The molecule has 3 aromatic carbocycles. The molecule has 0 aliphatic carbocycles. The highest BCUT2D eigenvalue weighted by Gasteiger charge is 2.11. The van der Waals surface area contributed by atoms with Crippen LogP contribution in [0.2, 0.25) is 0 Å². The van der Waals surface area contributed by atoms with Crippen molar-refractivity contribution in [1.82, 2.24) is 0 Å². The van der Waals surface area contributed by atoms with Gasteiger partial charge in [0.2, 0.25) is 0 Å². The third-order valence-electron chi connectivity index (χ3n) is 3.90. The summed E-state index contributed by atoms with van der Waals surface area (Å²) in [6.45, 7) is 0.661. The minimum absolute atomic E-state index is 0.0529. The second kappa shape index (κ2) is 7.77. The number of hydrogen-bond acceptors (Lipinski definition) is 3. The highest BCUT2D eigenvalue weighted by Crippen LogP contribution is 2.34. The molecule has 0 radical (unpaired) electrons. The van der Waals surface area contributed by atoms with E-state index < -0.39 is 0 Å². The lowest BCUT2D eigenvalue weighted by molar-refractivity contribution is 0.185. The zero-order valence-electron chi connectivity index (χ0n) is 13.7. The summed E-state index contributed by atoms with van der Waals surface area (Å²) >= 11 is 0. The monoisotopic (exact) mass is 319 g/mol. The van der Waals surface area contributed by atoms with Gasteiger partial charge in [-0.25, -0.2) is 0 Å². The van der Waals surface area contributed by atoms with Crippen LogP contribution in [0.1, 0.15) is 11.1 Å². The van der Waals surface area contributed by atoms with Crippen molar-refractivity contribution in [2.24, 2.45) is 0 Å². The molecule has 0 atom stereocenters. The maximum absolute atomic E-state index is 9.26. The third-order valence-corrected chi connectivity index (χ3v) is 3.90. The van der Waals surface area contributed by atoms with E-state index in [2.05, 4.69) is 41.3 Å². The van der Waals surface area contributed by atoms with Gasteiger partial charge in [-0.05, 0) is 47.5 Å². The molecule has 1 N–H and O–H groups in total. The van der Waals surface area contributed by atoms with Crippen molar-refractivity contribution >= 4 is 17.1 Å². The first-order valence-corrected chi connectivity index (χ1v) is 7.94.